The second-order valence-electron chi connectivity index (χ2n) is 5.75. The Kier molecular flexibility index (Phi) is 5.25. The van der Waals surface area contributed by atoms with Gasteiger partial charge in [0.1, 0.15) is 5.82 Å². The highest BCUT2D eigenvalue weighted by Gasteiger charge is 2.20. The monoisotopic (exact) mass is 329 g/mol. The number of aromatic nitrogens is 3. The average molecular weight is 329 g/mol. The summed E-state index contributed by atoms with van der Waals surface area (Å²) in [5.41, 5.74) is 0. The first-order chi connectivity index (χ1) is 11.7. The minimum absolute atomic E-state index is 0.392. The van der Waals surface area contributed by atoms with Gasteiger partial charge in [0.25, 0.3) is 0 Å². The lowest BCUT2D eigenvalue weighted by Gasteiger charge is -2.33. The molecule has 0 aliphatic carbocycles. The third-order valence-electron chi connectivity index (χ3n) is 4.02. The lowest BCUT2D eigenvalue weighted by molar-refractivity contribution is 0.386. The van der Waals surface area contributed by atoms with E-state index < -0.39 is 0 Å². The predicted molar refractivity (Wildman–Crippen MR) is 91.8 cm³/mol. The van der Waals surface area contributed by atoms with Crippen molar-refractivity contribution in [3.8, 4) is 0 Å². The van der Waals surface area contributed by atoms with E-state index in [1.54, 1.807) is 14.0 Å². The molecule has 0 atom stereocenters. The number of aliphatic imine (C=N–C) groups is 1. The summed E-state index contributed by atoms with van der Waals surface area (Å²) >= 11 is 0. The molecule has 2 aromatic rings. The Morgan fingerprint density at radius 3 is 2.83 bits per heavy atom. The quantitative estimate of drug-likeness (QED) is 0.641. The van der Waals surface area contributed by atoms with Gasteiger partial charge in [-0.1, -0.05) is 11.2 Å². The SMILES string of the molecule is CN=C(NCc1noc(C)n1)NC1CCN(c2ccccn2)CC1. The fraction of sp³-hybridized carbons (Fsp3) is 0.500. The van der Waals surface area contributed by atoms with Gasteiger partial charge in [-0.25, -0.2) is 4.98 Å². The minimum Gasteiger partial charge on any atom is -0.356 e. The molecule has 0 bridgehead atoms. The highest BCUT2D eigenvalue weighted by molar-refractivity contribution is 5.79. The fourth-order valence-corrected chi connectivity index (χ4v) is 2.76. The number of pyridine rings is 1. The molecule has 0 saturated carbocycles. The van der Waals surface area contributed by atoms with E-state index in [-0.39, 0.29) is 0 Å². The topological polar surface area (TPSA) is 91.5 Å². The predicted octanol–water partition coefficient (Wildman–Crippen LogP) is 1.11. The lowest BCUT2D eigenvalue weighted by atomic mass is 10.1. The van der Waals surface area contributed by atoms with Crippen molar-refractivity contribution in [2.75, 3.05) is 25.0 Å². The molecule has 3 rings (SSSR count). The third kappa shape index (κ3) is 4.21. The number of nitrogens with one attached hydrogen (secondary N) is 2. The van der Waals surface area contributed by atoms with Crippen LogP contribution < -0.4 is 15.5 Å². The van der Waals surface area contributed by atoms with Gasteiger partial charge >= 0.3 is 0 Å². The van der Waals surface area contributed by atoms with Gasteiger partial charge in [0, 0.05) is 39.3 Å². The summed E-state index contributed by atoms with van der Waals surface area (Å²) in [7, 11) is 1.76. The van der Waals surface area contributed by atoms with Crippen LogP contribution >= 0.6 is 0 Å². The van der Waals surface area contributed by atoms with Crippen LogP contribution in [-0.2, 0) is 6.54 Å². The second-order valence-corrected chi connectivity index (χ2v) is 5.75. The van der Waals surface area contributed by atoms with Gasteiger partial charge < -0.3 is 20.1 Å². The molecule has 1 aliphatic heterocycles. The van der Waals surface area contributed by atoms with Crippen LogP contribution in [0.3, 0.4) is 0 Å². The zero-order chi connectivity index (χ0) is 16.8. The smallest absolute Gasteiger partial charge is 0.223 e. The van der Waals surface area contributed by atoms with E-state index in [9.17, 15) is 0 Å². The molecule has 0 unspecified atom stereocenters. The average Bonchev–Trinajstić information content (AvgIpc) is 3.05. The Balaban J connectivity index is 1.46. The minimum atomic E-state index is 0.392. The maximum absolute atomic E-state index is 4.96. The maximum Gasteiger partial charge on any atom is 0.223 e. The molecule has 128 valence electrons. The van der Waals surface area contributed by atoms with Crippen LogP contribution in [0.2, 0.25) is 0 Å². The first-order valence-corrected chi connectivity index (χ1v) is 8.17. The lowest BCUT2D eigenvalue weighted by Crippen LogP contribution is -2.48. The van der Waals surface area contributed by atoms with Crippen molar-refractivity contribution in [1.29, 1.82) is 0 Å². The zero-order valence-corrected chi connectivity index (χ0v) is 14.1. The Morgan fingerprint density at radius 1 is 1.38 bits per heavy atom. The van der Waals surface area contributed by atoms with Gasteiger partial charge in [-0.05, 0) is 25.0 Å². The molecular weight excluding hydrogens is 306 g/mol. The van der Waals surface area contributed by atoms with E-state index in [0.717, 1.165) is 37.7 Å². The molecule has 24 heavy (non-hydrogen) atoms. The molecule has 3 heterocycles. The molecule has 0 aromatic carbocycles. The standard InChI is InChI=1S/C16H23N7O/c1-12-20-14(22-24-12)11-19-16(17-2)21-13-6-9-23(10-7-13)15-5-3-4-8-18-15/h3-5,8,13H,6-7,9-11H2,1-2H3,(H2,17,19,21). The molecule has 2 aromatic heterocycles. The molecule has 0 spiro atoms. The molecule has 0 amide bonds. The summed E-state index contributed by atoms with van der Waals surface area (Å²) in [6.07, 6.45) is 3.92. The van der Waals surface area contributed by atoms with Crippen molar-refractivity contribution in [3.05, 3.63) is 36.1 Å². The van der Waals surface area contributed by atoms with E-state index in [4.69, 9.17) is 4.52 Å². The summed E-state index contributed by atoms with van der Waals surface area (Å²) in [4.78, 5) is 15.2. The summed E-state index contributed by atoms with van der Waals surface area (Å²) in [6, 6.07) is 6.42. The van der Waals surface area contributed by atoms with Gasteiger partial charge in [-0.2, -0.15) is 4.98 Å². The van der Waals surface area contributed by atoms with Crippen molar-refractivity contribution in [3.63, 3.8) is 0 Å². The van der Waals surface area contributed by atoms with Gasteiger partial charge in [0.15, 0.2) is 11.8 Å². The number of hydrogen-bond acceptors (Lipinski definition) is 6. The highest BCUT2D eigenvalue weighted by Crippen LogP contribution is 2.17. The van der Waals surface area contributed by atoms with E-state index in [1.165, 1.54) is 0 Å². The van der Waals surface area contributed by atoms with Crippen LogP contribution in [0.15, 0.2) is 33.9 Å². The maximum atomic E-state index is 4.96. The van der Waals surface area contributed by atoms with Crippen LogP contribution in [-0.4, -0.2) is 47.3 Å². The first-order valence-electron chi connectivity index (χ1n) is 8.17. The van der Waals surface area contributed by atoms with Crippen molar-refractivity contribution >= 4 is 11.8 Å². The van der Waals surface area contributed by atoms with Gasteiger partial charge in [-0.3, -0.25) is 4.99 Å². The van der Waals surface area contributed by atoms with Crippen molar-refractivity contribution in [2.24, 2.45) is 4.99 Å². The van der Waals surface area contributed by atoms with Gasteiger partial charge in [0.05, 0.1) is 6.54 Å². The van der Waals surface area contributed by atoms with E-state index in [2.05, 4.69) is 41.7 Å². The van der Waals surface area contributed by atoms with Crippen LogP contribution in [0.25, 0.3) is 0 Å². The number of rotatable bonds is 4. The summed E-state index contributed by atoms with van der Waals surface area (Å²) in [5.74, 6) is 3.00. The Morgan fingerprint density at radius 2 is 2.21 bits per heavy atom. The molecule has 0 radical (unpaired) electrons. The Bertz CT molecular complexity index is 662. The zero-order valence-electron chi connectivity index (χ0n) is 14.1. The first kappa shape index (κ1) is 16.2. The number of anilines is 1. The van der Waals surface area contributed by atoms with Crippen molar-refractivity contribution < 1.29 is 4.52 Å². The van der Waals surface area contributed by atoms with Crippen LogP contribution in [0.4, 0.5) is 5.82 Å². The Hall–Kier alpha value is -2.64. The van der Waals surface area contributed by atoms with Gasteiger partial charge in [0.2, 0.25) is 5.89 Å². The normalized spacial score (nSPS) is 16.2. The van der Waals surface area contributed by atoms with Crippen molar-refractivity contribution in [1.82, 2.24) is 25.8 Å². The molecule has 1 saturated heterocycles. The van der Waals surface area contributed by atoms with E-state index >= 15 is 0 Å². The van der Waals surface area contributed by atoms with Crippen LogP contribution in [0.1, 0.15) is 24.6 Å². The number of hydrogen-bond donors (Lipinski definition) is 2. The summed E-state index contributed by atoms with van der Waals surface area (Å²) in [6.45, 7) is 4.23. The largest absolute Gasteiger partial charge is 0.356 e. The molecule has 1 aliphatic rings. The number of nitrogens with zero attached hydrogens (tertiary/aromatic N) is 5. The van der Waals surface area contributed by atoms with E-state index in [0.29, 0.717) is 24.3 Å². The number of aryl methyl sites for hydroxylation is 1. The molecule has 8 heteroatoms. The third-order valence-corrected chi connectivity index (χ3v) is 4.02. The fourth-order valence-electron chi connectivity index (χ4n) is 2.76. The van der Waals surface area contributed by atoms with Crippen LogP contribution in [0, 0.1) is 6.92 Å². The number of piperidine rings is 1. The summed E-state index contributed by atoms with van der Waals surface area (Å²) < 4.78 is 4.96. The van der Waals surface area contributed by atoms with Gasteiger partial charge in [-0.15, -0.1) is 0 Å². The second kappa shape index (κ2) is 7.76. The van der Waals surface area contributed by atoms with E-state index in [1.807, 2.05) is 18.3 Å². The summed E-state index contributed by atoms with van der Waals surface area (Å²) in [5, 5.41) is 10.5. The molecule has 8 nitrogen and oxygen atoms in total. The highest BCUT2D eigenvalue weighted by atomic mass is 16.5. The molecular formula is C16H23N7O. The number of guanidine groups is 1. The molecule has 1 fully saturated rings. The van der Waals surface area contributed by atoms with Crippen molar-refractivity contribution in [2.45, 2.75) is 32.4 Å². The van der Waals surface area contributed by atoms with Crippen LogP contribution in [0.5, 0.6) is 0 Å². The molecule has 2 N–H and O–H groups in total. The Labute approximate surface area is 141 Å².